The number of fused-ring (bicyclic) bond motifs is 1. The van der Waals surface area contributed by atoms with Crippen LogP contribution in [0.5, 0.6) is 0 Å². The topological polar surface area (TPSA) is 48.0 Å². The highest BCUT2D eigenvalue weighted by Gasteiger charge is 2.17. The first kappa shape index (κ1) is 13.1. The lowest BCUT2D eigenvalue weighted by atomic mass is 10.4. The fourth-order valence-corrected chi connectivity index (χ4v) is 2.52. The summed E-state index contributed by atoms with van der Waals surface area (Å²) in [5.74, 6) is 2.90. The van der Waals surface area contributed by atoms with Crippen molar-refractivity contribution in [2.75, 3.05) is 0 Å². The van der Waals surface area contributed by atoms with E-state index in [1.54, 1.807) is 0 Å². The SMILES string of the molecule is CCc1nc(CC)n(-c2nc3ccccn3c2CCl)n1. The Morgan fingerprint density at radius 2 is 2.00 bits per heavy atom. The smallest absolute Gasteiger partial charge is 0.178 e. The molecule has 0 amide bonds. The summed E-state index contributed by atoms with van der Waals surface area (Å²) >= 11 is 6.12. The van der Waals surface area contributed by atoms with E-state index < -0.39 is 0 Å². The zero-order valence-electron chi connectivity index (χ0n) is 11.5. The van der Waals surface area contributed by atoms with Crippen LogP contribution in [0.1, 0.15) is 31.2 Å². The third-order valence-electron chi connectivity index (χ3n) is 3.29. The molecule has 0 spiro atoms. The fourth-order valence-electron chi connectivity index (χ4n) is 2.27. The lowest BCUT2D eigenvalue weighted by molar-refractivity contribution is 0.767. The summed E-state index contributed by atoms with van der Waals surface area (Å²) in [6, 6.07) is 5.89. The molecule has 5 nitrogen and oxygen atoms in total. The summed E-state index contributed by atoms with van der Waals surface area (Å²) in [4.78, 5) is 9.18. The van der Waals surface area contributed by atoms with Crippen molar-refractivity contribution in [3.63, 3.8) is 0 Å². The number of pyridine rings is 1. The Balaban J connectivity index is 2.26. The van der Waals surface area contributed by atoms with Crippen molar-refractivity contribution in [3.05, 3.63) is 41.7 Å². The lowest BCUT2D eigenvalue weighted by Gasteiger charge is -2.03. The molecule has 3 heterocycles. The van der Waals surface area contributed by atoms with Gasteiger partial charge in [0.05, 0.1) is 11.6 Å². The summed E-state index contributed by atoms with van der Waals surface area (Å²) < 4.78 is 3.82. The van der Waals surface area contributed by atoms with Gasteiger partial charge in [0, 0.05) is 19.0 Å². The molecule has 0 aromatic carbocycles. The molecule has 0 aliphatic rings. The van der Waals surface area contributed by atoms with Crippen LogP contribution in [0.15, 0.2) is 24.4 Å². The fraction of sp³-hybridized carbons (Fsp3) is 0.357. The molecular formula is C14H16ClN5. The third-order valence-corrected chi connectivity index (χ3v) is 3.54. The van der Waals surface area contributed by atoms with Crippen LogP contribution in [-0.4, -0.2) is 24.1 Å². The third kappa shape index (κ3) is 1.98. The molecule has 0 fully saturated rings. The standard InChI is InChI=1S/C14H16ClN5/c1-3-11-16-12(4-2)20(18-11)14-10(9-15)19-8-6-5-7-13(19)17-14/h5-8H,3-4,9H2,1-2H3. The average molecular weight is 290 g/mol. The highest BCUT2D eigenvalue weighted by molar-refractivity contribution is 6.17. The number of hydrogen-bond acceptors (Lipinski definition) is 3. The first-order valence-corrected chi connectivity index (χ1v) is 7.29. The Morgan fingerprint density at radius 3 is 2.70 bits per heavy atom. The van der Waals surface area contributed by atoms with E-state index in [-0.39, 0.29) is 0 Å². The summed E-state index contributed by atoms with van der Waals surface area (Å²) in [6.07, 6.45) is 3.58. The van der Waals surface area contributed by atoms with Crippen LogP contribution in [0.25, 0.3) is 11.5 Å². The largest absolute Gasteiger partial charge is 0.301 e. The van der Waals surface area contributed by atoms with Gasteiger partial charge in [0.25, 0.3) is 0 Å². The quantitative estimate of drug-likeness (QED) is 0.694. The van der Waals surface area contributed by atoms with Gasteiger partial charge in [-0.1, -0.05) is 19.9 Å². The van der Waals surface area contributed by atoms with Crippen molar-refractivity contribution in [2.24, 2.45) is 0 Å². The van der Waals surface area contributed by atoms with Gasteiger partial charge in [-0.15, -0.1) is 16.7 Å². The molecule has 3 rings (SSSR count). The second-order valence-corrected chi connectivity index (χ2v) is 4.78. The highest BCUT2D eigenvalue weighted by atomic mass is 35.5. The Morgan fingerprint density at radius 1 is 1.15 bits per heavy atom. The minimum absolute atomic E-state index is 0.380. The number of alkyl halides is 1. The predicted molar refractivity (Wildman–Crippen MR) is 78.4 cm³/mol. The number of hydrogen-bond donors (Lipinski definition) is 0. The van der Waals surface area contributed by atoms with Gasteiger partial charge in [0.1, 0.15) is 11.5 Å². The van der Waals surface area contributed by atoms with Crippen molar-refractivity contribution in [1.29, 1.82) is 0 Å². The van der Waals surface area contributed by atoms with E-state index in [1.807, 2.05) is 40.4 Å². The molecule has 6 heteroatoms. The molecule has 0 unspecified atom stereocenters. The van der Waals surface area contributed by atoms with Gasteiger partial charge in [0.15, 0.2) is 11.6 Å². The van der Waals surface area contributed by atoms with Crippen LogP contribution in [0.4, 0.5) is 0 Å². The summed E-state index contributed by atoms with van der Waals surface area (Å²) in [5, 5.41) is 4.54. The van der Waals surface area contributed by atoms with Crippen molar-refractivity contribution >= 4 is 17.2 Å². The molecule has 0 N–H and O–H groups in total. The van der Waals surface area contributed by atoms with Crippen molar-refractivity contribution in [2.45, 2.75) is 32.6 Å². The number of halogens is 1. The number of aromatic nitrogens is 5. The van der Waals surface area contributed by atoms with E-state index in [0.29, 0.717) is 5.88 Å². The molecule has 20 heavy (non-hydrogen) atoms. The summed E-state index contributed by atoms with van der Waals surface area (Å²) in [6.45, 7) is 4.11. The van der Waals surface area contributed by atoms with Gasteiger partial charge in [-0.05, 0) is 12.1 Å². The van der Waals surface area contributed by atoms with Crippen molar-refractivity contribution in [3.8, 4) is 5.82 Å². The monoisotopic (exact) mass is 289 g/mol. The molecule has 3 aromatic heterocycles. The van der Waals surface area contributed by atoms with Gasteiger partial charge >= 0.3 is 0 Å². The molecule has 0 radical (unpaired) electrons. The molecule has 0 atom stereocenters. The van der Waals surface area contributed by atoms with E-state index >= 15 is 0 Å². The van der Waals surface area contributed by atoms with Crippen molar-refractivity contribution < 1.29 is 0 Å². The van der Waals surface area contributed by atoms with Crippen LogP contribution >= 0.6 is 11.6 Å². The minimum atomic E-state index is 0.380. The Bertz CT molecular complexity index is 743. The molecule has 3 aromatic rings. The van der Waals surface area contributed by atoms with Crippen molar-refractivity contribution in [1.82, 2.24) is 24.1 Å². The first-order chi connectivity index (χ1) is 9.78. The molecule has 104 valence electrons. The van der Waals surface area contributed by atoms with Crippen LogP contribution in [0.2, 0.25) is 0 Å². The summed E-state index contributed by atoms with van der Waals surface area (Å²) in [5.41, 5.74) is 1.80. The lowest BCUT2D eigenvalue weighted by Crippen LogP contribution is -2.05. The van der Waals surface area contributed by atoms with E-state index in [0.717, 1.165) is 41.6 Å². The Labute approximate surface area is 122 Å². The minimum Gasteiger partial charge on any atom is -0.301 e. The van der Waals surface area contributed by atoms with Gasteiger partial charge in [-0.2, -0.15) is 4.68 Å². The zero-order valence-corrected chi connectivity index (χ0v) is 12.3. The van der Waals surface area contributed by atoms with Gasteiger partial charge in [-0.25, -0.2) is 9.97 Å². The maximum atomic E-state index is 6.12. The zero-order chi connectivity index (χ0) is 14.1. The van der Waals surface area contributed by atoms with Crippen LogP contribution in [0, 0.1) is 0 Å². The second kappa shape index (κ2) is 5.25. The molecule has 0 aliphatic heterocycles. The number of imidazole rings is 1. The average Bonchev–Trinajstić information content (AvgIpc) is 3.07. The van der Waals surface area contributed by atoms with E-state index in [1.165, 1.54) is 0 Å². The van der Waals surface area contributed by atoms with E-state index in [9.17, 15) is 0 Å². The maximum Gasteiger partial charge on any atom is 0.178 e. The molecule has 0 aliphatic carbocycles. The number of rotatable bonds is 4. The Kier molecular flexibility index (Phi) is 3.44. The summed E-state index contributed by atoms with van der Waals surface area (Å²) in [7, 11) is 0. The van der Waals surface area contributed by atoms with E-state index in [2.05, 4.69) is 22.0 Å². The molecule has 0 saturated heterocycles. The van der Waals surface area contributed by atoms with Gasteiger partial charge in [0.2, 0.25) is 0 Å². The Hall–Kier alpha value is -1.88. The number of nitrogens with zero attached hydrogens (tertiary/aromatic N) is 5. The van der Waals surface area contributed by atoms with Gasteiger partial charge in [-0.3, -0.25) is 0 Å². The second-order valence-electron chi connectivity index (χ2n) is 4.51. The van der Waals surface area contributed by atoms with Crippen LogP contribution in [0.3, 0.4) is 0 Å². The van der Waals surface area contributed by atoms with Gasteiger partial charge < -0.3 is 4.40 Å². The molecule has 0 bridgehead atoms. The van der Waals surface area contributed by atoms with Crippen LogP contribution in [-0.2, 0) is 18.7 Å². The molecular weight excluding hydrogens is 274 g/mol. The highest BCUT2D eigenvalue weighted by Crippen LogP contribution is 2.20. The van der Waals surface area contributed by atoms with E-state index in [4.69, 9.17) is 11.6 Å². The normalized spacial score (nSPS) is 11.3. The molecule has 0 saturated carbocycles. The maximum absolute atomic E-state index is 6.12. The number of aryl methyl sites for hydroxylation is 2. The first-order valence-electron chi connectivity index (χ1n) is 6.75. The van der Waals surface area contributed by atoms with Crippen LogP contribution < -0.4 is 0 Å². The predicted octanol–water partition coefficient (Wildman–Crippen LogP) is 2.78.